The smallest absolute Gasteiger partial charge is 0.460 e. The molecule has 0 saturated carbocycles. The van der Waals surface area contributed by atoms with Crippen molar-refractivity contribution < 1.29 is 43.7 Å². The van der Waals surface area contributed by atoms with E-state index in [0.29, 0.717) is 4.13 Å². The van der Waals surface area contributed by atoms with Crippen molar-refractivity contribution >= 4 is 26.3 Å². The van der Waals surface area contributed by atoms with Gasteiger partial charge in [0.1, 0.15) is 13.2 Å². The zero-order valence-electron chi connectivity index (χ0n) is 9.93. The van der Waals surface area contributed by atoms with Crippen molar-refractivity contribution in [2.24, 2.45) is 0 Å². The van der Waals surface area contributed by atoms with Gasteiger partial charge in [-0.25, -0.2) is 13.2 Å². The predicted molar refractivity (Wildman–Crippen MR) is 58.8 cm³/mol. The van der Waals surface area contributed by atoms with Crippen molar-refractivity contribution in [3.05, 3.63) is 12.2 Å². The molecule has 0 spiro atoms. The summed E-state index contributed by atoms with van der Waals surface area (Å²) in [7, 11) is -11.3. The fourth-order valence-electron chi connectivity index (χ4n) is 0.607. The van der Waals surface area contributed by atoms with Crippen molar-refractivity contribution in [1.82, 2.24) is 4.13 Å². The van der Waals surface area contributed by atoms with Crippen molar-refractivity contribution in [3.63, 3.8) is 0 Å². The third kappa shape index (κ3) is 6.31. The van der Waals surface area contributed by atoms with Crippen molar-refractivity contribution in [2.45, 2.75) is 12.4 Å². The summed E-state index contributed by atoms with van der Waals surface area (Å²) in [4.78, 5) is 10.8. The summed E-state index contributed by atoms with van der Waals surface area (Å²) in [6.45, 7) is 3.01. The van der Waals surface area contributed by atoms with E-state index in [-0.39, 0.29) is 5.57 Å². The quantitative estimate of drug-likeness (QED) is 0.387. The van der Waals surface area contributed by atoms with Gasteiger partial charge in [-0.15, -0.1) is 0 Å². The highest BCUT2D eigenvalue weighted by atomic mass is 32.3. The van der Waals surface area contributed by atoms with E-state index in [0.717, 1.165) is 0 Å². The number of nitrogens with one attached hydrogen (secondary N) is 1. The monoisotopic (exact) mass is 341 g/mol. The molecule has 0 aromatic carbocycles. The molecule has 0 rings (SSSR count). The standard InChI is InChI=1S/C7H10F3NO7S2/c1-5(2)6(12)17-3-4-18-20(15,16)11-19(13,14)7(8,9)10/h11H,1,3-4H2,2H3. The van der Waals surface area contributed by atoms with E-state index < -0.39 is 45.0 Å². The Morgan fingerprint density at radius 3 is 2.10 bits per heavy atom. The minimum atomic E-state index is -6.11. The van der Waals surface area contributed by atoms with Crippen LogP contribution in [0.5, 0.6) is 0 Å². The maximum Gasteiger partial charge on any atom is 0.512 e. The molecule has 0 heterocycles. The number of carbonyl (C=O) groups is 1. The zero-order valence-corrected chi connectivity index (χ0v) is 11.6. The molecule has 8 nitrogen and oxygen atoms in total. The Kier molecular flexibility index (Phi) is 6.13. The molecular weight excluding hydrogens is 331 g/mol. The summed E-state index contributed by atoms with van der Waals surface area (Å²) >= 11 is 0. The van der Waals surface area contributed by atoms with Gasteiger partial charge in [-0.2, -0.15) is 21.6 Å². The van der Waals surface area contributed by atoms with E-state index in [2.05, 4.69) is 15.5 Å². The van der Waals surface area contributed by atoms with E-state index in [1.165, 1.54) is 6.92 Å². The molecule has 20 heavy (non-hydrogen) atoms. The molecule has 13 heteroatoms. The lowest BCUT2D eigenvalue weighted by Crippen LogP contribution is -2.41. The van der Waals surface area contributed by atoms with Gasteiger partial charge < -0.3 is 4.74 Å². The molecule has 0 aromatic rings. The molecule has 0 radical (unpaired) electrons. The first-order valence-corrected chi connectivity index (χ1v) is 7.49. The minimum absolute atomic E-state index is 0.00521. The molecule has 118 valence electrons. The minimum Gasteiger partial charge on any atom is -0.460 e. The summed E-state index contributed by atoms with van der Waals surface area (Å²) in [5.74, 6) is -0.873. The van der Waals surface area contributed by atoms with Crippen molar-refractivity contribution in [1.29, 1.82) is 0 Å². The maximum absolute atomic E-state index is 11.9. The van der Waals surface area contributed by atoms with Gasteiger partial charge in [0, 0.05) is 5.57 Å². The summed E-state index contributed by atoms with van der Waals surface area (Å²) in [6.07, 6.45) is 0. The number of sulfonamides is 1. The van der Waals surface area contributed by atoms with Crippen LogP contribution in [0, 0.1) is 0 Å². The van der Waals surface area contributed by atoms with Crippen LogP contribution in [0.15, 0.2) is 12.2 Å². The van der Waals surface area contributed by atoms with Gasteiger partial charge in [-0.3, -0.25) is 4.18 Å². The number of hydrogen-bond donors (Lipinski definition) is 1. The number of ether oxygens (including phenoxy) is 1. The van der Waals surface area contributed by atoms with Crippen LogP contribution in [0.1, 0.15) is 6.92 Å². The fourth-order valence-corrected chi connectivity index (χ4v) is 2.54. The highest BCUT2D eigenvalue weighted by Gasteiger charge is 2.48. The lowest BCUT2D eigenvalue weighted by Gasteiger charge is -2.10. The van der Waals surface area contributed by atoms with Gasteiger partial charge in [0.05, 0.1) is 0 Å². The van der Waals surface area contributed by atoms with E-state index in [9.17, 15) is 34.8 Å². The summed E-state index contributed by atoms with van der Waals surface area (Å²) in [6, 6.07) is 0. The normalized spacial score (nSPS) is 13.0. The number of rotatable bonds is 7. The van der Waals surface area contributed by atoms with Crippen LogP contribution < -0.4 is 4.13 Å². The maximum atomic E-state index is 11.9. The van der Waals surface area contributed by atoms with Crippen LogP contribution >= 0.6 is 0 Å². The van der Waals surface area contributed by atoms with Gasteiger partial charge in [0.25, 0.3) is 0 Å². The van der Waals surface area contributed by atoms with Crippen LogP contribution in [-0.4, -0.2) is 41.5 Å². The lowest BCUT2D eigenvalue weighted by molar-refractivity contribution is -0.139. The first-order valence-electron chi connectivity index (χ1n) is 4.60. The second-order valence-electron chi connectivity index (χ2n) is 3.22. The van der Waals surface area contributed by atoms with Crippen LogP contribution in [0.25, 0.3) is 0 Å². The third-order valence-electron chi connectivity index (χ3n) is 1.42. The van der Waals surface area contributed by atoms with Gasteiger partial charge >= 0.3 is 31.8 Å². The molecule has 0 atom stereocenters. The van der Waals surface area contributed by atoms with Gasteiger partial charge in [0.15, 0.2) is 0 Å². The second-order valence-corrected chi connectivity index (χ2v) is 6.51. The van der Waals surface area contributed by atoms with Gasteiger partial charge in [0.2, 0.25) is 0 Å². The topological polar surface area (TPSA) is 116 Å². The zero-order chi connectivity index (χ0) is 16.2. The summed E-state index contributed by atoms with van der Waals surface area (Å²) in [5.41, 5.74) is -5.80. The molecule has 0 aliphatic carbocycles. The average Bonchev–Trinajstić information content (AvgIpc) is 2.20. The number of alkyl halides is 3. The Hall–Kier alpha value is -1.18. The van der Waals surface area contributed by atoms with Gasteiger partial charge in [-0.1, -0.05) is 10.7 Å². The molecule has 0 amide bonds. The molecule has 0 aliphatic heterocycles. The van der Waals surface area contributed by atoms with Crippen LogP contribution in [-0.2, 0) is 34.0 Å². The highest BCUT2D eigenvalue weighted by molar-refractivity contribution is 8.03. The second kappa shape index (κ2) is 6.51. The molecule has 0 bridgehead atoms. The Labute approximate surface area is 112 Å². The fraction of sp³-hybridized carbons (Fsp3) is 0.571. The number of halogens is 3. The first kappa shape index (κ1) is 18.8. The van der Waals surface area contributed by atoms with E-state index in [1.807, 2.05) is 0 Å². The summed E-state index contributed by atoms with van der Waals surface area (Å²) < 4.78 is 87.1. The molecule has 0 saturated heterocycles. The van der Waals surface area contributed by atoms with E-state index in [1.54, 1.807) is 0 Å². The Morgan fingerprint density at radius 1 is 1.20 bits per heavy atom. The van der Waals surface area contributed by atoms with E-state index >= 15 is 0 Å². The predicted octanol–water partition coefficient (Wildman–Crippen LogP) is -0.194. The number of carbonyl (C=O) groups excluding carboxylic acids is 1. The first-order chi connectivity index (χ1) is 8.78. The molecule has 0 aromatic heterocycles. The van der Waals surface area contributed by atoms with Crippen LogP contribution in [0.3, 0.4) is 0 Å². The number of esters is 1. The SMILES string of the molecule is C=C(C)C(=O)OCCOS(=O)(=O)NS(=O)(=O)C(F)(F)F. The number of hydrogen-bond acceptors (Lipinski definition) is 7. The Morgan fingerprint density at radius 2 is 1.70 bits per heavy atom. The van der Waals surface area contributed by atoms with Crippen LogP contribution in [0.2, 0.25) is 0 Å². The van der Waals surface area contributed by atoms with Crippen LogP contribution in [0.4, 0.5) is 13.2 Å². The summed E-state index contributed by atoms with van der Waals surface area (Å²) in [5, 5.41) is 0. The highest BCUT2D eigenvalue weighted by Crippen LogP contribution is 2.22. The largest absolute Gasteiger partial charge is 0.512 e. The van der Waals surface area contributed by atoms with Crippen molar-refractivity contribution in [3.8, 4) is 0 Å². The molecule has 0 unspecified atom stereocenters. The molecular formula is C7H10F3NO7S2. The molecule has 0 fully saturated rings. The third-order valence-corrected chi connectivity index (χ3v) is 4.20. The molecule has 0 aliphatic rings. The molecule has 1 N–H and O–H groups in total. The van der Waals surface area contributed by atoms with Gasteiger partial charge in [-0.05, 0) is 6.92 Å². The Balaban J connectivity index is 4.44. The van der Waals surface area contributed by atoms with E-state index in [4.69, 9.17) is 0 Å². The Bertz CT molecular complexity index is 578. The van der Waals surface area contributed by atoms with Crippen molar-refractivity contribution in [2.75, 3.05) is 13.2 Å². The lowest BCUT2D eigenvalue weighted by atomic mass is 10.4. The average molecular weight is 341 g/mol.